The minimum Gasteiger partial charge on any atom is -0.367 e. The maximum atomic E-state index is 6.54. The molecule has 4 rings (SSSR count). The Hall–Kier alpha value is -3.76. The molecule has 3 atom stereocenters. The van der Waals surface area contributed by atoms with Gasteiger partial charge < -0.3 is 14.2 Å². The van der Waals surface area contributed by atoms with Crippen LogP contribution in [-0.2, 0) is 34.0 Å². The van der Waals surface area contributed by atoms with Gasteiger partial charge in [0, 0.05) is 0 Å². The molecule has 3 heteroatoms. The van der Waals surface area contributed by atoms with Crippen LogP contribution < -0.4 is 0 Å². The Morgan fingerprint density at radius 2 is 0.919 bits per heavy atom. The molecule has 0 bridgehead atoms. The molecule has 0 aliphatic heterocycles. The van der Waals surface area contributed by atoms with Crippen molar-refractivity contribution in [3.8, 4) is 0 Å². The average Bonchev–Trinajstić information content (AvgIpc) is 2.97. The molecule has 0 N–H and O–H groups in total. The number of hydrogen-bond acceptors (Lipinski definition) is 3. The highest BCUT2D eigenvalue weighted by atomic mass is 16.6. The molecular weight excluding hydrogens is 456 g/mol. The first-order valence-electron chi connectivity index (χ1n) is 12.6. The van der Waals surface area contributed by atoms with Crippen LogP contribution in [0, 0.1) is 0 Å². The lowest BCUT2D eigenvalue weighted by Gasteiger charge is -2.31. The predicted molar refractivity (Wildman–Crippen MR) is 151 cm³/mol. The zero-order valence-electron chi connectivity index (χ0n) is 21.1. The second kappa shape index (κ2) is 14.7. The summed E-state index contributed by atoms with van der Waals surface area (Å²) in [4.78, 5) is 0. The first-order valence-corrected chi connectivity index (χ1v) is 12.6. The second-order valence-corrected chi connectivity index (χ2v) is 8.79. The zero-order chi connectivity index (χ0) is 25.5. The molecule has 0 unspecified atom stereocenters. The molecule has 0 radical (unpaired) electrons. The topological polar surface area (TPSA) is 27.7 Å². The molecule has 188 valence electrons. The van der Waals surface area contributed by atoms with Crippen LogP contribution in [0.5, 0.6) is 0 Å². The van der Waals surface area contributed by atoms with Gasteiger partial charge in [0.05, 0.1) is 19.8 Å². The van der Waals surface area contributed by atoms with Crippen LogP contribution in [-0.4, -0.2) is 18.3 Å². The lowest BCUT2D eigenvalue weighted by Crippen LogP contribution is -2.40. The lowest BCUT2D eigenvalue weighted by molar-refractivity contribution is -0.123. The van der Waals surface area contributed by atoms with Crippen LogP contribution in [0.15, 0.2) is 140 Å². The summed E-state index contributed by atoms with van der Waals surface area (Å²) in [7, 11) is 0. The van der Waals surface area contributed by atoms with E-state index in [0.717, 1.165) is 22.3 Å². The molecule has 3 nitrogen and oxygen atoms in total. The van der Waals surface area contributed by atoms with Gasteiger partial charge in [-0.25, -0.2) is 0 Å². The Bertz CT molecular complexity index is 1190. The Morgan fingerprint density at radius 1 is 0.514 bits per heavy atom. The van der Waals surface area contributed by atoms with Crippen LogP contribution in [0.2, 0.25) is 0 Å². The summed E-state index contributed by atoms with van der Waals surface area (Å²) in [6.07, 6.45) is 4.79. The van der Waals surface area contributed by atoms with Gasteiger partial charge in [-0.3, -0.25) is 0 Å². The molecule has 0 saturated carbocycles. The molecule has 0 fully saturated rings. The van der Waals surface area contributed by atoms with Crippen molar-refractivity contribution in [2.45, 2.75) is 38.1 Å². The summed E-state index contributed by atoms with van der Waals surface area (Å²) >= 11 is 0. The molecule has 0 saturated heterocycles. The first kappa shape index (κ1) is 26.3. The third-order valence-corrected chi connectivity index (χ3v) is 6.01. The molecule has 0 heterocycles. The third kappa shape index (κ3) is 8.69. The highest BCUT2D eigenvalue weighted by Crippen LogP contribution is 2.21. The maximum Gasteiger partial charge on any atom is 0.117 e. The van der Waals surface area contributed by atoms with Crippen LogP contribution in [0.1, 0.15) is 22.3 Å². The summed E-state index contributed by atoms with van der Waals surface area (Å²) in [5, 5.41) is 0. The van der Waals surface area contributed by atoms with Crippen molar-refractivity contribution in [2.24, 2.45) is 0 Å². The summed E-state index contributed by atoms with van der Waals surface area (Å²) < 4.78 is 19.4. The van der Waals surface area contributed by atoms with E-state index in [1.165, 1.54) is 0 Å². The molecule has 0 aliphatic carbocycles. The van der Waals surface area contributed by atoms with Gasteiger partial charge in [-0.05, 0) is 22.3 Å². The lowest BCUT2D eigenvalue weighted by atomic mass is 10.0. The molecule has 4 aromatic rings. The number of rotatable bonds is 14. The van der Waals surface area contributed by atoms with E-state index in [1.54, 1.807) is 0 Å². The maximum absolute atomic E-state index is 6.54. The summed E-state index contributed by atoms with van der Waals surface area (Å²) in [5.74, 6) is 0. The second-order valence-electron chi connectivity index (χ2n) is 8.79. The first-order chi connectivity index (χ1) is 18.3. The Morgan fingerprint density at radius 3 is 1.38 bits per heavy atom. The van der Waals surface area contributed by atoms with E-state index in [2.05, 4.69) is 67.3 Å². The number of hydrogen-bond donors (Lipinski definition) is 0. The fourth-order valence-corrected chi connectivity index (χ4v) is 4.00. The molecule has 0 aromatic heterocycles. The van der Waals surface area contributed by atoms with E-state index in [-0.39, 0.29) is 12.2 Å². The standard InChI is InChI=1S/C34H34O3/c1-2-32(35-25-29-17-9-4-10-18-29)34(37-27-31-21-13-6-14-22-31)33(24-23-28-15-7-3-8-16-28)36-26-30-19-11-5-12-20-30/h2-24,32-34H,1,25-27H2/t32-,33-,34-/m1/s1. The Balaban J connectivity index is 1.59. The van der Waals surface area contributed by atoms with Crippen LogP contribution in [0.25, 0.3) is 6.08 Å². The minimum atomic E-state index is -0.412. The molecule has 0 aliphatic rings. The van der Waals surface area contributed by atoms with Gasteiger partial charge in [0.25, 0.3) is 0 Å². The van der Waals surface area contributed by atoms with Gasteiger partial charge in [-0.2, -0.15) is 0 Å². The fourth-order valence-electron chi connectivity index (χ4n) is 4.00. The molecule has 0 amide bonds. The summed E-state index contributed by atoms with van der Waals surface area (Å²) in [6.45, 7) is 5.43. The van der Waals surface area contributed by atoms with Gasteiger partial charge >= 0.3 is 0 Å². The fraction of sp³-hybridized carbons (Fsp3) is 0.176. The third-order valence-electron chi connectivity index (χ3n) is 6.01. The van der Waals surface area contributed by atoms with Gasteiger partial charge in [0.15, 0.2) is 0 Å². The summed E-state index contributed by atoms with van der Waals surface area (Å²) in [5.41, 5.74) is 4.38. The SMILES string of the molecule is C=C[C@@H](OCc1ccccc1)[C@@H](OCc1ccccc1)[C@@H](C=Cc1ccccc1)OCc1ccccc1. The van der Waals surface area contributed by atoms with E-state index in [1.807, 2.05) is 78.9 Å². The summed E-state index contributed by atoms with van der Waals surface area (Å²) in [6, 6.07) is 40.7. The minimum absolute atomic E-state index is 0.372. The Kier molecular flexibility index (Phi) is 10.5. The van der Waals surface area contributed by atoms with E-state index < -0.39 is 6.10 Å². The van der Waals surface area contributed by atoms with Crippen molar-refractivity contribution in [1.82, 2.24) is 0 Å². The number of benzene rings is 4. The van der Waals surface area contributed by atoms with E-state index in [4.69, 9.17) is 14.2 Å². The predicted octanol–water partition coefficient (Wildman–Crippen LogP) is 7.64. The van der Waals surface area contributed by atoms with Crippen molar-refractivity contribution in [3.05, 3.63) is 162 Å². The van der Waals surface area contributed by atoms with Crippen LogP contribution in [0.3, 0.4) is 0 Å². The van der Waals surface area contributed by atoms with Crippen molar-refractivity contribution in [3.63, 3.8) is 0 Å². The number of ether oxygens (including phenoxy) is 3. The van der Waals surface area contributed by atoms with E-state index in [9.17, 15) is 0 Å². The quantitative estimate of drug-likeness (QED) is 0.170. The average molecular weight is 491 g/mol. The molecule has 4 aromatic carbocycles. The normalized spacial score (nSPS) is 13.7. The van der Waals surface area contributed by atoms with Gasteiger partial charge in [0.2, 0.25) is 0 Å². The van der Waals surface area contributed by atoms with Crippen LogP contribution >= 0.6 is 0 Å². The monoisotopic (exact) mass is 490 g/mol. The van der Waals surface area contributed by atoms with Crippen molar-refractivity contribution < 1.29 is 14.2 Å². The smallest absolute Gasteiger partial charge is 0.117 e. The van der Waals surface area contributed by atoms with Gasteiger partial charge in [-0.15, -0.1) is 6.58 Å². The van der Waals surface area contributed by atoms with E-state index >= 15 is 0 Å². The molecule has 0 spiro atoms. The van der Waals surface area contributed by atoms with Crippen molar-refractivity contribution in [2.75, 3.05) is 0 Å². The van der Waals surface area contributed by atoms with Gasteiger partial charge in [-0.1, -0.05) is 140 Å². The Labute approximate surface area is 220 Å². The highest BCUT2D eigenvalue weighted by Gasteiger charge is 2.29. The van der Waals surface area contributed by atoms with E-state index in [0.29, 0.717) is 19.8 Å². The van der Waals surface area contributed by atoms with Crippen molar-refractivity contribution >= 4 is 6.08 Å². The van der Waals surface area contributed by atoms with Crippen LogP contribution in [0.4, 0.5) is 0 Å². The highest BCUT2D eigenvalue weighted by molar-refractivity contribution is 5.49. The van der Waals surface area contributed by atoms with Crippen molar-refractivity contribution in [1.29, 1.82) is 0 Å². The van der Waals surface area contributed by atoms with Gasteiger partial charge in [0.1, 0.15) is 18.3 Å². The largest absolute Gasteiger partial charge is 0.367 e. The molecule has 37 heavy (non-hydrogen) atoms. The zero-order valence-corrected chi connectivity index (χ0v) is 21.1. The molecular formula is C34H34O3.